The lowest BCUT2D eigenvalue weighted by Gasteiger charge is -2.35. The third-order valence-electron chi connectivity index (χ3n) is 4.84. The van der Waals surface area contributed by atoms with Crippen molar-refractivity contribution in [3.8, 4) is 0 Å². The molecule has 176 valence electrons. The molecule has 0 aliphatic heterocycles. The Hall–Kier alpha value is -1.80. The number of halogens is 1. The smallest absolute Gasteiger partial charge is 0.191 e. The zero-order valence-corrected chi connectivity index (χ0v) is 22.1. The van der Waals surface area contributed by atoms with E-state index in [1.165, 1.54) is 24.3 Å². The zero-order valence-electron chi connectivity index (χ0n) is 20.3. The Labute approximate surface area is 193 Å². The molecule has 0 atom stereocenters. The van der Waals surface area contributed by atoms with Gasteiger partial charge in [0.05, 0.1) is 10.5 Å². The largest absolute Gasteiger partial charge is 0.412 e. The molecular formula is C25H35FO4SSi. The number of benzene rings is 2. The minimum Gasteiger partial charge on any atom is -0.412 e. The third-order valence-corrected chi connectivity index (χ3v) is 8.34. The van der Waals surface area contributed by atoms with Crippen LogP contribution in [0.15, 0.2) is 53.4 Å². The molecule has 0 heterocycles. The van der Waals surface area contributed by atoms with Crippen LogP contribution >= 0.6 is 0 Å². The molecule has 2 rings (SSSR count). The summed E-state index contributed by atoms with van der Waals surface area (Å²) in [5.74, 6) is -0.362. The molecule has 0 amide bonds. The van der Waals surface area contributed by atoms with Gasteiger partial charge in [-0.25, -0.2) is 12.8 Å². The van der Waals surface area contributed by atoms with E-state index in [2.05, 4.69) is 13.1 Å². The van der Waals surface area contributed by atoms with Gasteiger partial charge in [0.25, 0.3) is 0 Å². The first-order chi connectivity index (χ1) is 14.4. The van der Waals surface area contributed by atoms with Crippen molar-refractivity contribution in [2.24, 2.45) is 0 Å². The predicted octanol–water partition coefficient (Wildman–Crippen LogP) is 5.93. The number of aliphatic hydroxyl groups is 1. The van der Waals surface area contributed by atoms with E-state index in [9.17, 15) is 17.9 Å². The molecule has 32 heavy (non-hydrogen) atoms. The molecule has 0 bridgehead atoms. The summed E-state index contributed by atoms with van der Waals surface area (Å²) in [6, 6.07) is 13.3. The van der Waals surface area contributed by atoms with Crippen molar-refractivity contribution in [1.29, 1.82) is 0 Å². The summed E-state index contributed by atoms with van der Waals surface area (Å²) in [4.78, 5) is 0.203. The Bertz CT molecular complexity index is 1090. The second kappa shape index (κ2) is 9.21. The van der Waals surface area contributed by atoms with Gasteiger partial charge in [-0.2, -0.15) is 0 Å². The average Bonchev–Trinajstić information content (AvgIpc) is 2.57. The standard InChI is InChI=1S/C25H35FO4SSi/c1-24(2,3)30-32(7,8)17-22(19-10-9-11-20(26)16-19)23(25(4,5)27)18-12-14-21(15-13-18)31(6,28)29/h9-16,27H,17H2,1-8H3/b23-22+. The number of hydrogen-bond donors (Lipinski definition) is 1. The molecule has 0 saturated heterocycles. The van der Waals surface area contributed by atoms with Crippen LogP contribution in [0.3, 0.4) is 0 Å². The van der Waals surface area contributed by atoms with E-state index in [0.717, 1.165) is 11.8 Å². The molecule has 1 N–H and O–H groups in total. The van der Waals surface area contributed by atoms with Crippen LogP contribution in [0.2, 0.25) is 19.1 Å². The molecule has 0 unspecified atom stereocenters. The van der Waals surface area contributed by atoms with E-state index in [1.807, 2.05) is 26.8 Å². The van der Waals surface area contributed by atoms with Crippen molar-refractivity contribution in [3.63, 3.8) is 0 Å². The first kappa shape index (κ1) is 26.4. The summed E-state index contributed by atoms with van der Waals surface area (Å²) < 4.78 is 44.4. The molecule has 0 aromatic heterocycles. The fraction of sp³-hybridized carbons (Fsp3) is 0.440. The second-order valence-electron chi connectivity index (χ2n) is 10.4. The molecule has 2 aromatic rings. The highest BCUT2D eigenvalue weighted by Crippen LogP contribution is 2.40. The van der Waals surface area contributed by atoms with Crippen LogP contribution in [-0.2, 0) is 14.3 Å². The Morgan fingerprint density at radius 3 is 2.00 bits per heavy atom. The molecule has 0 aliphatic carbocycles. The Morgan fingerprint density at radius 2 is 1.56 bits per heavy atom. The van der Waals surface area contributed by atoms with E-state index in [1.54, 1.807) is 32.0 Å². The fourth-order valence-electron chi connectivity index (χ4n) is 4.07. The fourth-order valence-corrected chi connectivity index (χ4v) is 7.66. The van der Waals surface area contributed by atoms with Gasteiger partial charge in [-0.15, -0.1) is 0 Å². The Balaban J connectivity index is 2.79. The van der Waals surface area contributed by atoms with E-state index in [4.69, 9.17) is 4.43 Å². The van der Waals surface area contributed by atoms with Crippen LogP contribution < -0.4 is 0 Å². The minimum atomic E-state index is -3.35. The molecule has 4 nitrogen and oxygen atoms in total. The van der Waals surface area contributed by atoms with Crippen molar-refractivity contribution >= 4 is 29.3 Å². The second-order valence-corrected chi connectivity index (χ2v) is 16.5. The molecule has 7 heteroatoms. The van der Waals surface area contributed by atoms with Crippen LogP contribution in [-0.4, -0.2) is 39.3 Å². The number of rotatable bonds is 7. The van der Waals surface area contributed by atoms with Gasteiger partial charge in [-0.3, -0.25) is 0 Å². The maximum Gasteiger partial charge on any atom is 0.191 e. The van der Waals surface area contributed by atoms with Gasteiger partial charge in [-0.05, 0) is 100 Å². The lowest BCUT2D eigenvalue weighted by atomic mass is 9.85. The normalized spacial score (nSPS) is 14.3. The van der Waals surface area contributed by atoms with Gasteiger partial charge in [-0.1, -0.05) is 24.3 Å². The van der Waals surface area contributed by atoms with Gasteiger partial charge in [0.2, 0.25) is 0 Å². The van der Waals surface area contributed by atoms with E-state index >= 15 is 0 Å². The average molecular weight is 479 g/mol. The van der Waals surface area contributed by atoms with Gasteiger partial charge in [0, 0.05) is 11.9 Å². The van der Waals surface area contributed by atoms with Crippen molar-refractivity contribution in [2.45, 2.75) is 69.9 Å². The van der Waals surface area contributed by atoms with Crippen molar-refractivity contribution in [2.75, 3.05) is 6.26 Å². The SMILES string of the molecule is CC(C)(C)O[Si](C)(C)C/C(=C(/c1ccc(S(C)(=O)=O)cc1)C(C)(C)O)c1cccc(F)c1. The van der Waals surface area contributed by atoms with E-state index < -0.39 is 23.8 Å². The summed E-state index contributed by atoms with van der Waals surface area (Å²) in [7, 11) is -5.65. The Morgan fingerprint density at radius 1 is 1.00 bits per heavy atom. The van der Waals surface area contributed by atoms with Crippen LogP contribution in [0.4, 0.5) is 4.39 Å². The van der Waals surface area contributed by atoms with E-state index in [-0.39, 0.29) is 16.3 Å². The Kier molecular flexibility index (Phi) is 7.61. The molecule has 0 radical (unpaired) electrons. The predicted molar refractivity (Wildman–Crippen MR) is 132 cm³/mol. The number of allylic oxidation sites excluding steroid dienone is 1. The van der Waals surface area contributed by atoms with Crippen molar-refractivity contribution in [3.05, 3.63) is 65.5 Å². The first-order valence-electron chi connectivity index (χ1n) is 10.6. The third kappa shape index (κ3) is 7.37. The summed E-state index contributed by atoms with van der Waals surface area (Å²) in [6.45, 7) is 13.6. The highest BCUT2D eigenvalue weighted by atomic mass is 32.2. The lowest BCUT2D eigenvalue weighted by molar-refractivity contribution is 0.121. The summed E-state index contributed by atoms with van der Waals surface area (Å²) in [6.07, 6.45) is 1.16. The molecular weight excluding hydrogens is 443 g/mol. The van der Waals surface area contributed by atoms with E-state index in [0.29, 0.717) is 22.7 Å². The maximum absolute atomic E-state index is 14.2. The molecule has 0 aliphatic rings. The topological polar surface area (TPSA) is 63.6 Å². The highest BCUT2D eigenvalue weighted by molar-refractivity contribution is 7.90. The van der Waals surface area contributed by atoms with Crippen LogP contribution in [0, 0.1) is 5.82 Å². The zero-order chi connectivity index (χ0) is 24.5. The monoisotopic (exact) mass is 478 g/mol. The first-order valence-corrected chi connectivity index (χ1v) is 15.6. The quantitative estimate of drug-likeness (QED) is 0.396. The lowest BCUT2D eigenvalue weighted by Crippen LogP contribution is -2.39. The van der Waals surface area contributed by atoms with Gasteiger partial charge in [0.15, 0.2) is 18.2 Å². The molecule has 0 spiro atoms. The minimum absolute atomic E-state index is 0.203. The van der Waals surface area contributed by atoms with Crippen LogP contribution in [0.25, 0.3) is 11.1 Å². The summed E-state index contributed by atoms with van der Waals surface area (Å²) in [5, 5.41) is 11.2. The molecule has 0 saturated carbocycles. The van der Waals surface area contributed by atoms with Gasteiger partial charge in [0.1, 0.15) is 5.82 Å². The maximum atomic E-state index is 14.2. The highest BCUT2D eigenvalue weighted by Gasteiger charge is 2.34. The number of sulfone groups is 1. The van der Waals surface area contributed by atoms with Crippen molar-refractivity contribution in [1.82, 2.24) is 0 Å². The molecule has 2 aromatic carbocycles. The molecule has 0 fully saturated rings. The van der Waals surface area contributed by atoms with Gasteiger partial charge < -0.3 is 9.53 Å². The summed E-state index contributed by atoms with van der Waals surface area (Å²) in [5.41, 5.74) is 1.18. The summed E-state index contributed by atoms with van der Waals surface area (Å²) >= 11 is 0. The van der Waals surface area contributed by atoms with Crippen LogP contribution in [0.1, 0.15) is 45.7 Å². The van der Waals surface area contributed by atoms with Crippen molar-refractivity contribution < 1.29 is 22.3 Å². The number of hydrogen-bond acceptors (Lipinski definition) is 4. The van der Waals surface area contributed by atoms with Gasteiger partial charge >= 0.3 is 0 Å². The van der Waals surface area contributed by atoms with Crippen LogP contribution in [0.5, 0.6) is 0 Å².